The van der Waals surface area contributed by atoms with E-state index in [-0.39, 0.29) is 18.3 Å². The number of aromatic amines is 1. The number of amides is 1. The Kier molecular flexibility index (Phi) is 3.92. The predicted octanol–water partition coefficient (Wildman–Crippen LogP) is 2.08. The van der Waals surface area contributed by atoms with Crippen LogP contribution in [0.1, 0.15) is 18.4 Å². The first-order chi connectivity index (χ1) is 10.2. The van der Waals surface area contributed by atoms with Crippen molar-refractivity contribution in [2.24, 2.45) is 5.92 Å². The highest BCUT2D eigenvalue weighted by atomic mass is 19.1. The maximum atomic E-state index is 13.2. The summed E-state index contributed by atoms with van der Waals surface area (Å²) in [4.78, 5) is 17.2. The third kappa shape index (κ3) is 2.93. The van der Waals surface area contributed by atoms with Crippen LogP contribution in [0.4, 0.5) is 4.39 Å². The third-order valence-corrected chi connectivity index (χ3v) is 4.30. The van der Waals surface area contributed by atoms with Gasteiger partial charge in [-0.1, -0.05) is 0 Å². The number of hydrogen-bond acceptors (Lipinski definition) is 2. The number of halogens is 1. The molecule has 2 aromatic rings. The number of fused-ring (bicyclic) bond motifs is 1. The van der Waals surface area contributed by atoms with Crippen LogP contribution in [0.3, 0.4) is 0 Å². The van der Waals surface area contributed by atoms with Gasteiger partial charge in [-0.3, -0.25) is 4.79 Å². The lowest BCUT2D eigenvalue weighted by Crippen LogP contribution is -2.39. The highest BCUT2D eigenvalue weighted by Crippen LogP contribution is 2.22. The molecular weight excluding hydrogens is 271 g/mol. The van der Waals surface area contributed by atoms with E-state index in [1.165, 1.54) is 12.1 Å². The van der Waals surface area contributed by atoms with E-state index in [1.54, 1.807) is 12.3 Å². The Balaban J connectivity index is 1.69. The van der Waals surface area contributed by atoms with Crippen molar-refractivity contribution in [2.45, 2.75) is 19.3 Å². The van der Waals surface area contributed by atoms with E-state index >= 15 is 0 Å². The summed E-state index contributed by atoms with van der Waals surface area (Å²) in [5.41, 5.74) is 1.62. The number of nitrogens with zero attached hydrogens (tertiary/aromatic N) is 1. The minimum Gasteiger partial charge on any atom is -0.396 e. The van der Waals surface area contributed by atoms with Crippen molar-refractivity contribution in [3.05, 3.63) is 35.8 Å². The molecule has 1 aliphatic rings. The van der Waals surface area contributed by atoms with Crippen molar-refractivity contribution in [3.63, 3.8) is 0 Å². The smallest absolute Gasteiger partial charge is 0.227 e. The van der Waals surface area contributed by atoms with E-state index < -0.39 is 0 Å². The summed E-state index contributed by atoms with van der Waals surface area (Å²) in [6, 6.07) is 4.56. The molecule has 0 aliphatic carbocycles. The summed E-state index contributed by atoms with van der Waals surface area (Å²) in [6.45, 7) is 1.62. The fraction of sp³-hybridized carbons (Fsp3) is 0.438. The molecule has 1 saturated heterocycles. The molecule has 0 bridgehead atoms. The van der Waals surface area contributed by atoms with Crippen molar-refractivity contribution in [1.29, 1.82) is 0 Å². The second-order valence-electron chi connectivity index (χ2n) is 5.69. The Hall–Kier alpha value is -1.88. The molecule has 1 aromatic heterocycles. The SMILES string of the molecule is O=C(Cc1c[nH]c2cc(F)ccc12)N1CCC(CO)CC1. The number of carbonyl (C=O) groups excluding carboxylic acids is 1. The van der Waals surface area contributed by atoms with Gasteiger partial charge in [-0.15, -0.1) is 0 Å². The van der Waals surface area contributed by atoms with Crippen LogP contribution < -0.4 is 0 Å². The molecular formula is C16H19FN2O2. The minimum atomic E-state index is -0.284. The number of aliphatic hydroxyl groups is 1. The van der Waals surface area contributed by atoms with Gasteiger partial charge >= 0.3 is 0 Å². The molecule has 0 radical (unpaired) electrons. The minimum absolute atomic E-state index is 0.0941. The molecule has 21 heavy (non-hydrogen) atoms. The van der Waals surface area contributed by atoms with Crippen LogP contribution in [-0.4, -0.2) is 40.6 Å². The van der Waals surface area contributed by atoms with Crippen LogP contribution in [0.5, 0.6) is 0 Å². The summed E-state index contributed by atoms with van der Waals surface area (Å²) in [5, 5.41) is 10.0. The number of nitrogens with one attached hydrogen (secondary N) is 1. The standard InChI is InChI=1S/C16H19FN2O2/c17-13-1-2-14-12(9-18-15(14)8-13)7-16(21)19-5-3-11(10-20)4-6-19/h1-2,8-9,11,18,20H,3-7,10H2. The van der Waals surface area contributed by atoms with Crippen LogP contribution in [0.25, 0.3) is 10.9 Å². The first-order valence-electron chi connectivity index (χ1n) is 7.31. The highest BCUT2D eigenvalue weighted by molar-refractivity contribution is 5.89. The quantitative estimate of drug-likeness (QED) is 0.909. The van der Waals surface area contributed by atoms with E-state index in [1.807, 2.05) is 4.90 Å². The average Bonchev–Trinajstić information content (AvgIpc) is 2.89. The van der Waals surface area contributed by atoms with Crippen molar-refractivity contribution < 1.29 is 14.3 Å². The zero-order valence-corrected chi connectivity index (χ0v) is 11.8. The van der Waals surface area contributed by atoms with Gasteiger partial charge in [0.05, 0.1) is 6.42 Å². The predicted molar refractivity (Wildman–Crippen MR) is 78.4 cm³/mol. The average molecular weight is 290 g/mol. The zero-order valence-electron chi connectivity index (χ0n) is 11.8. The van der Waals surface area contributed by atoms with Crippen LogP contribution in [0.15, 0.2) is 24.4 Å². The second-order valence-corrected chi connectivity index (χ2v) is 5.69. The molecule has 1 aliphatic heterocycles. The number of hydrogen-bond donors (Lipinski definition) is 2. The third-order valence-electron chi connectivity index (χ3n) is 4.30. The Bertz CT molecular complexity index is 645. The molecule has 1 fully saturated rings. The number of H-pyrrole nitrogens is 1. The van der Waals surface area contributed by atoms with Crippen LogP contribution >= 0.6 is 0 Å². The topological polar surface area (TPSA) is 56.3 Å². The van der Waals surface area contributed by atoms with Crippen LogP contribution in [0.2, 0.25) is 0 Å². The number of benzene rings is 1. The summed E-state index contributed by atoms with van der Waals surface area (Å²) < 4.78 is 13.2. The van der Waals surface area contributed by atoms with E-state index in [0.29, 0.717) is 25.4 Å². The van der Waals surface area contributed by atoms with Crippen molar-refractivity contribution in [1.82, 2.24) is 9.88 Å². The van der Waals surface area contributed by atoms with Crippen molar-refractivity contribution >= 4 is 16.8 Å². The number of piperidine rings is 1. The largest absolute Gasteiger partial charge is 0.396 e. The van der Waals surface area contributed by atoms with Crippen molar-refractivity contribution in [3.8, 4) is 0 Å². The number of rotatable bonds is 3. The molecule has 0 saturated carbocycles. The molecule has 0 unspecified atom stereocenters. The first-order valence-corrected chi connectivity index (χ1v) is 7.31. The first kappa shape index (κ1) is 14.1. The van der Waals surface area contributed by atoms with Gasteiger partial charge in [0, 0.05) is 36.8 Å². The van der Waals surface area contributed by atoms with Gasteiger partial charge in [-0.25, -0.2) is 4.39 Å². The summed E-state index contributed by atoms with van der Waals surface area (Å²) in [5.74, 6) is 0.134. The molecule has 1 aromatic carbocycles. The second kappa shape index (κ2) is 5.85. The zero-order chi connectivity index (χ0) is 14.8. The van der Waals surface area contributed by atoms with Crippen molar-refractivity contribution in [2.75, 3.05) is 19.7 Å². The fourth-order valence-corrected chi connectivity index (χ4v) is 2.94. The summed E-state index contributed by atoms with van der Waals surface area (Å²) in [7, 11) is 0. The van der Waals surface area contributed by atoms with E-state index in [4.69, 9.17) is 5.11 Å². The number of aliphatic hydroxyl groups excluding tert-OH is 1. The van der Waals surface area contributed by atoms with Gasteiger partial charge in [-0.05, 0) is 42.5 Å². The molecule has 3 rings (SSSR count). The molecule has 5 heteroatoms. The van der Waals surface area contributed by atoms with Crippen LogP contribution in [-0.2, 0) is 11.2 Å². The maximum Gasteiger partial charge on any atom is 0.227 e. The Morgan fingerprint density at radius 3 is 2.86 bits per heavy atom. The van der Waals surface area contributed by atoms with Gasteiger partial charge in [0.15, 0.2) is 0 Å². The summed E-state index contributed by atoms with van der Waals surface area (Å²) >= 11 is 0. The van der Waals surface area contributed by atoms with Gasteiger partial charge in [-0.2, -0.15) is 0 Å². The molecule has 112 valence electrons. The van der Waals surface area contributed by atoms with Gasteiger partial charge in [0.1, 0.15) is 5.82 Å². The Morgan fingerprint density at radius 2 is 2.14 bits per heavy atom. The number of aromatic nitrogens is 1. The normalized spacial score (nSPS) is 16.6. The fourth-order valence-electron chi connectivity index (χ4n) is 2.94. The summed E-state index contributed by atoms with van der Waals surface area (Å²) in [6.07, 6.45) is 3.83. The van der Waals surface area contributed by atoms with E-state index in [9.17, 15) is 9.18 Å². The van der Waals surface area contributed by atoms with Gasteiger partial charge in [0.25, 0.3) is 0 Å². The Morgan fingerprint density at radius 1 is 1.38 bits per heavy atom. The maximum absolute atomic E-state index is 13.2. The molecule has 0 atom stereocenters. The molecule has 2 heterocycles. The molecule has 1 amide bonds. The van der Waals surface area contributed by atoms with E-state index in [2.05, 4.69) is 4.98 Å². The molecule has 2 N–H and O–H groups in total. The van der Waals surface area contributed by atoms with E-state index in [0.717, 1.165) is 29.3 Å². The lowest BCUT2D eigenvalue weighted by atomic mass is 9.97. The number of carbonyl (C=O) groups is 1. The van der Waals surface area contributed by atoms with Crippen LogP contribution in [0, 0.1) is 11.7 Å². The highest BCUT2D eigenvalue weighted by Gasteiger charge is 2.22. The van der Waals surface area contributed by atoms with Gasteiger partial charge in [0.2, 0.25) is 5.91 Å². The lowest BCUT2D eigenvalue weighted by Gasteiger charge is -2.31. The molecule has 0 spiro atoms. The molecule has 4 nitrogen and oxygen atoms in total. The van der Waals surface area contributed by atoms with Gasteiger partial charge < -0.3 is 15.0 Å². The number of likely N-dealkylation sites (tertiary alicyclic amines) is 1. The Labute approximate surface area is 122 Å². The monoisotopic (exact) mass is 290 g/mol. The lowest BCUT2D eigenvalue weighted by molar-refractivity contribution is -0.132.